The Labute approximate surface area is 245 Å². The van der Waals surface area contributed by atoms with E-state index in [2.05, 4.69) is 24.8 Å². The molecule has 2 N–H and O–H groups in total. The molecule has 0 spiro atoms. The van der Waals surface area contributed by atoms with Gasteiger partial charge in [0.2, 0.25) is 11.7 Å². The summed E-state index contributed by atoms with van der Waals surface area (Å²) < 4.78 is 16.6. The third-order valence-corrected chi connectivity index (χ3v) is 9.66. The zero-order valence-corrected chi connectivity index (χ0v) is 25.7. The highest BCUT2D eigenvalue weighted by atomic mass is 16.5. The van der Waals surface area contributed by atoms with Gasteiger partial charge in [-0.3, -0.25) is 14.5 Å². The third kappa shape index (κ3) is 7.00. The summed E-state index contributed by atoms with van der Waals surface area (Å²) in [5.74, 6) is 2.88. The molecule has 9 heteroatoms. The van der Waals surface area contributed by atoms with Crippen molar-refractivity contribution in [2.24, 2.45) is 23.0 Å². The lowest BCUT2D eigenvalue weighted by Crippen LogP contribution is -2.52. The van der Waals surface area contributed by atoms with Crippen LogP contribution in [0, 0.1) is 17.3 Å². The third-order valence-electron chi connectivity index (χ3n) is 9.66. The van der Waals surface area contributed by atoms with Crippen molar-refractivity contribution in [2.75, 3.05) is 73.7 Å². The molecule has 1 aromatic rings. The summed E-state index contributed by atoms with van der Waals surface area (Å²) in [6.45, 7) is 10.5. The number of nitrogens with zero attached hydrogens (tertiary/aromatic N) is 3. The van der Waals surface area contributed by atoms with E-state index in [0.717, 1.165) is 64.3 Å². The molecule has 5 rings (SSSR count). The molecule has 1 heterocycles. The lowest BCUT2D eigenvalue weighted by atomic mass is 9.49. The van der Waals surface area contributed by atoms with Crippen LogP contribution in [-0.2, 0) is 4.79 Å². The van der Waals surface area contributed by atoms with E-state index in [1.165, 1.54) is 12.0 Å². The number of methoxy groups -OCH3 is 3. The number of benzene rings is 1. The number of hydrogen-bond acceptors (Lipinski definition) is 7. The molecule has 1 aliphatic heterocycles. The molecular formula is C32H50N4O5. The molecule has 3 aliphatic carbocycles. The van der Waals surface area contributed by atoms with Crippen LogP contribution in [0.4, 0.5) is 0 Å². The largest absolute Gasteiger partial charge is 0.493 e. The summed E-state index contributed by atoms with van der Waals surface area (Å²) in [4.78, 5) is 33.0. The van der Waals surface area contributed by atoms with Crippen LogP contribution in [0.15, 0.2) is 23.8 Å². The van der Waals surface area contributed by atoms with Crippen LogP contribution in [0.1, 0.15) is 62.7 Å². The number of allylic oxidation sites excluding steroid dienone is 1. The van der Waals surface area contributed by atoms with E-state index >= 15 is 0 Å². The number of unbranched alkanes of at least 4 members (excludes halogenated alkanes) is 2. The Kier molecular flexibility index (Phi) is 10.6. The quantitative estimate of drug-likeness (QED) is 0.268. The molecule has 228 valence electrons. The number of carbonyl (C=O) groups excluding carboxylic acids is 2. The predicted molar refractivity (Wildman–Crippen MR) is 161 cm³/mol. The van der Waals surface area contributed by atoms with E-state index in [9.17, 15) is 9.59 Å². The van der Waals surface area contributed by atoms with Gasteiger partial charge in [0.25, 0.3) is 5.91 Å². The summed E-state index contributed by atoms with van der Waals surface area (Å²) in [7, 11) is 4.69. The molecule has 2 atom stereocenters. The Morgan fingerprint density at radius 3 is 2.24 bits per heavy atom. The second-order valence-corrected chi connectivity index (χ2v) is 12.3. The predicted octanol–water partition coefficient (Wildman–Crippen LogP) is 3.81. The van der Waals surface area contributed by atoms with E-state index in [0.29, 0.717) is 60.2 Å². The van der Waals surface area contributed by atoms with Crippen molar-refractivity contribution in [3.8, 4) is 17.2 Å². The van der Waals surface area contributed by atoms with E-state index in [4.69, 9.17) is 19.9 Å². The number of carbonyl (C=O) groups is 2. The first-order valence-corrected chi connectivity index (χ1v) is 15.2. The molecule has 9 nitrogen and oxygen atoms in total. The molecule has 0 radical (unpaired) electrons. The van der Waals surface area contributed by atoms with Crippen LogP contribution in [0.3, 0.4) is 0 Å². The van der Waals surface area contributed by atoms with Crippen molar-refractivity contribution in [1.82, 2.24) is 14.7 Å². The molecule has 2 fully saturated rings. The Bertz CT molecular complexity index is 1070. The topological polar surface area (TPSA) is 97.6 Å². The fourth-order valence-electron chi connectivity index (χ4n) is 6.75. The fourth-order valence-corrected chi connectivity index (χ4v) is 6.75. The maximum Gasteiger partial charge on any atom is 0.254 e. The van der Waals surface area contributed by atoms with Gasteiger partial charge >= 0.3 is 0 Å². The summed E-state index contributed by atoms with van der Waals surface area (Å²) >= 11 is 0. The number of amides is 2. The molecule has 4 aliphatic rings. The second-order valence-electron chi connectivity index (χ2n) is 12.3. The first kappa shape index (κ1) is 31.2. The van der Waals surface area contributed by atoms with Gasteiger partial charge in [0.15, 0.2) is 11.5 Å². The number of ether oxygens (including phenoxy) is 3. The van der Waals surface area contributed by atoms with Crippen molar-refractivity contribution >= 4 is 11.8 Å². The van der Waals surface area contributed by atoms with Gasteiger partial charge in [-0.25, -0.2) is 0 Å². The van der Waals surface area contributed by atoms with Crippen LogP contribution >= 0.6 is 0 Å². The Morgan fingerprint density at radius 2 is 1.68 bits per heavy atom. The Balaban J connectivity index is 1.43. The van der Waals surface area contributed by atoms with E-state index < -0.39 is 0 Å². The van der Waals surface area contributed by atoms with Gasteiger partial charge < -0.3 is 29.7 Å². The minimum Gasteiger partial charge on any atom is -0.493 e. The summed E-state index contributed by atoms with van der Waals surface area (Å²) in [5.41, 5.74) is 7.76. The molecule has 1 saturated heterocycles. The summed E-state index contributed by atoms with van der Waals surface area (Å²) in [6.07, 6.45) is 8.17. The normalized spacial score (nSPS) is 21.5. The highest BCUT2D eigenvalue weighted by Crippen LogP contribution is 2.59. The maximum atomic E-state index is 14.1. The average Bonchev–Trinajstić information content (AvgIpc) is 3.00. The molecule has 2 bridgehead atoms. The SMILES string of the molecule is COc1cc(C(=O)N(CCN2CCN(C(=O)CCCCCN)CC2)CC2=CCC3CC2C3(C)C)cc(OC)c1OC. The van der Waals surface area contributed by atoms with E-state index in [-0.39, 0.29) is 11.8 Å². The van der Waals surface area contributed by atoms with E-state index in [1.807, 2.05) is 9.80 Å². The van der Waals surface area contributed by atoms with Gasteiger partial charge in [0.05, 0.1) is 21.3 Å². The van der Waals surface area contributed by atoms with Gasteiger partial charge in [0, 0.05) is 57.8 Å². The van der Waals surface area contributed by atoms with Crippen LogP contribution < -0.4 is 19.9 Å². The molecule has 2 unspecified atom stereocenters. The lowest BCUT2D eigenvalue weighted by molar-refractivity contribution is -0.133. The van der Waals surface area contributed by atoms with E-state index in [1.54, 1.807) is 33.5 Å². The molecule has 1 saturated carbocycles. The van der Waals surface area contributed by atoms with Crippen LogP contribution in [0.25, 0.3) is 0 Å². The number of rotatable bonds is 14. The Morgan fingerprint density at radius 1 is 1.00 bits per heavy atom. The number of nitrogens with two attached hydrogens (primary N) is 1. The van der Waals surface area contributed by atoms with Gasteiger partial charge in [-0.2, -0.15) is 0 Å². The highest BCUT2D eigenvalue weighted by Gasteiger charge is 2.51. The maximum absolute atomic E-state index is 14.1. The van der Waals surface area contributed by atoms with Crippen molar-refractivity contribution in [1.29, 1.82) is 0 Å². The zero-order valence-electron chi connectivity index (χ0n) is 25.7. The molecule has 2 amide bonds. The molecule has 41 heavy (non-hydrogen) atoms. The lowest BCUT2D eigenvalue weighted by Gasteiger charge is -2.57. The number of hydrogen-bond donors (Lipinski definition) is 1. The van der Waals surface area contributed by atoms with Crippen LogP contribution in [-0.4, -0.2) is 100 Å². The first-order valence-electron chi connectivity index (χ1n) is 15.2. The standard InChI is InChI=1S/C32H50N4O5/c1-32(2)25-11-10-23(26(32)21-25)22-36(31(38)24-19-27(39-3)30(41-5)28(20-24)40-4)18-15-34-13-16-35(17-14-34)29(37)9-7-6-8-12-33/h10,19-20,25-26H,6-9,11-18,21-22,33H2,1-5H3. The van der Waals surface area contributed by atoms with Crippen molar-refractivity contribution in [3.05, 3.63) is 29.3 Å². The molecule has 1 aromatic carbocycles. The van der Waals surface area contributed by atoms with Crippen LogP contribution in [0.5, 0.6) is 17.2 Å². The number of fused-ring (bicyclic) bond motifs is 1. The van der Waals surface area contributed by atoms with Gasteiger partial charge in [-0.05, 0) is 61.6 Å². The van der Waals surface area contributed by atoms with Gasteiger partial charge in [0.1, 0.15) is 0 Å². The van der Waals surface area contributed by atoms with Crippen molar-refractivity contribution in [3.63, 3.8) is 0 Å². The minimum atomic E-state index is -0.0456. The minimum absolute atomic E-state index is 0.0456. The zero-order chi connectivity index (χ0) is 29.6. The van der Waals surface area contributed by atoms with Crippen molar-refractivity contribution < 1.29 is 23.8 Å². The van der Waals surface area contributed by atoms with Gasteiger partial charge in [-0.1, -0.05) is 31.9 Å². The highest BCUT2D eigenvalue weighted by molar-refractivity contribution is 5.96. The number of piperazine rings is 1. The monoisotopic (exact) mass is 570 g/mol. The van der Waals surface area contributed by atoms with Gasteiger partial charge in [-0.15, -0.1) is 0 Å². The first-order chi connectivity index (χ1) is 19.7. The smallest absolute Gasteiger partial charge is 0.254 e. The molecule has 0 aromatic heterocycles. The fraction of sp³-hybridized carbons (Fsp3) is 0.688. The van der Waals surface area contributed by atoms with Crippen LogP contribution in [0.2, 0.25) is 0 Å². The average molecular weight is 571 g/mol. The Hall–Kier alpha value is -2.78. The second kappa shape index (κ2) is 13.9. The summed E-state index contributed by atoms with van der Waals surface area (Å²) in [6, 6.07) is 3.49. The molecular weight excluding hydrogens is 520 g/mol. The van der Waals surface area contributed by atoms with Crippen molar-refractivity contribution in [2.45, 2.75) is 52.4 Å². The summed E-state index contributed by atoms with van der Waals surface area (Å²) in [5, 5.41) is 0.